The summed E-state index contributed by atoms with van der Waals surface area (Å²) in [6.45, 7) is 6.32. The van der Waals surface area contributed by atoms with Gasteiger partial charge in [-0.3, -0.25) is 19.7 Å². The molecule has 1 aliphatic heterocycles. The molecule has 1 atom stereocenters. The third-order valence-electron chi connectivity index (χ3n) is 5.92. The van der Waals surface area contributed by atoms with Crippen molar-refractivity contribution in [2.45, 2.75) is 26.3 Å². The van der Waals surface area contributed by atoms with Crippen molar-refractivity contribution in [2.75, 3.05) is 26.2 Å². The molecule has 3 heterocycles. The summed E-state index contributed by atoms with van der Waals surface area (Å²) in [5, 5.41) is 0. The van der Waals surface area contributed by atoms with Gasteiger partial charge in [0.1, 0.15) is 0 Å². The van der Waals surface area contributed by atoms with Crippen LogP contribution in [0.5, 0.6) is 0 Å². The average molecular weight is 415 g/mol. The van der Waals surface area contributed by atoms with E-state index < -0.39 is 0 Å². The van der Waals surface area contributed by atoms with E-state index >= 15 is 0 Å². The van der Waals surface area contributed by atoms with E-state index in [2.05, 4.69) is 63.1 Å². The minimum Gasteiger partial charge on any atom is -0.341 e. The molecule has 0 unspecified atom stereocenters. The van der Waals surface area contributed by atoms with Crippen LogP contribution in [-0.2, 0) is 17.8 Å². The van der Waals surface area contributed by atoms with Crippen LogP contribution in [0, 0.1) is 5.92 Å². The van der Waals surface area contributed by atoms with Gasteiger partial charge in [-0.1, -0.05) is 31.2 Å². The Morgan fingerprint density at radius 3 is 2.16 bits per heavy atom. The minimum atomic E-state index is -0.0253. The number of amides is 1. The van der Waals surface area contributed by atoms with Crippen LogP contribution in [0.15, 0.2) is 73.3 Å². The van der Waals surface area contributed by atoms with Crippen molar-refractivity contribution in [1.82, 2.24) is 19.8 Å². The maximum atomic E-state index is 13.3. The van der Waals surface area contributed by atoms with Gasteiger partial charge >= 0.3 is 0 Å². The second kappa shape index (κ2) is 10.3. The number of pyridine rings is 2. The summed E-state index contributed by atoms with van der Waals surface area (Å²) in [6, 6.07) is 16.8. The summed E-state index contributed by atoms with van der Waals surface area (Å²) in [5.74, 6) is 0.264. The van der Waals surface area contributed by atoms with Crippen molar-refractivity contribution >= 4 is 5.91 Å². The number of hydrogen-bond donors (Lipinski definition) is 0. The van der Waals surface area contributed by atoms with E-state index in [9.17, 15) is 4.79 Å². The number of nitrogens with zero attached hydrogens (tertiary/aromatic N) is 4. The van der Waals surface area contributed by atoms with Crippen molar-refractivity contribution in [2.24, 2.45) is 5.92 Å². The number of carbonyl (C=O) groups is 1. The normalized spacial score (nSPS) is 17.5. The lowest BCUT2D eigenvalue weighted by Crippen LogP contribution is -2.37. The number of benzene rings is 1. The SMILES string of the molecule is CCCN1CCN(Cc2ccncc2)C[C@@H](Cc2ccc(-c3ccncc3)cc2)C1=O. The molecule has 0 saturated carbocycles. The molecule has 1 fully saturated rings. The van der Waals surface area contributed by atoms with Crippen LogP contribution in [0.2, 0.25) is 0 Å². The predicted molar refractivity (Wildman–Crippen MR) is 123 cm³/mol. The first-order chi connectivity index (χ1) is 15.2. The Hall–Kier alpha value is -3.05. The summed E-state index contributed by atoms with van der Waals surface area (Å²) in [5.41, 5.74) is 4.78. The third kappa shape index (κ3) is 5.56. The molecule has 31 heavy (non-hydrogen) atoms. The number of rotatable bonds is 7. The molecular formula is C26H30N4O. The maximum Gasteiger partial charge on any atom is 0.227 e. The van der Waals surface area contributed by atoms with Gasteiger partial charge < -0.3 is 4.90 Å². The van der Waals surface area contributed by atoms with Gasteiger partial charge in [0.05, 0.1) is 5.92 Å². The highest BCUT2D eigenvalue weighted by atomic mass is 16.2. The van der Waals surface area contributed by atoms with E-state index in [1.54, 1.807) is 0 Å². The van der Waals surface area contributed by atoms with Crippen LogP contribution in [0.1, 0.15) is 24.5 Å². The average Bonchev–Trinajstić information content (AvgIpc) is 2.95. The highest BCUT2D eigenvalue weighted by Crippen LogP contribution is 2.22. The topological polar surface area (TPSA) is 49.3 Å². The second-order valence-corrected chi connectivity index (χ2v) is 8.25. The molecule has 0 radical (unpaired) electrons. The lowest BCUT2D eigenvalue weighted by molar-refractivity contribution is -0.134. The lowest BCUT2D eigenvalue weighted by Gasteiger charge is -2.24. The Morgan fingerprint density at radius 2 is 1.48 bits per heavy atom. The van der Waals surface area contributed by atoms with Gasteiger partial charge in [0.2, 0.25) is 5.91 Å². The van der Waals surface area contributed by atoms with Gasteiger partial charge in [-0.05, 0) is 59.4 Å². The van der Waals surface area contributed by atoms with Crippen LogP contribution in [-0.4, -0.2) is 51.9 Å². The summed E-state index contributed by atoms with van der Waals surface area (Å²) in [4.78, 5) is 26.0. The van der Waals surface area contributed by atoms with Crippen LogP contribution >= 0.6 is 0 Å². The highest BCUT2D eigenvalue weighted by molar-refractivity contribution is 5.79. The molecule has 1 amide bonds. The molecule has 5 nitrogen and oxygen atoms in total. The van der Waals surface area contributed by atoms with Crippen LogP contribution < -0.4 is 0 Å². The summed E-state index contributed by atoms with van der Waals surface area (Å²) in [7, 11) is 0. The number of carbonyl (C=O) groups excluding carboxylic acids is 1. The standard InChI is InChI=1S/C26H30N4O/c1-2-15-30-17-16-29(19-22-7-11-27-12-8-22)20-25(26(30)31)18-21-3-5-23(6-4-21)24-9-13-28-14-10-24/h3-14,25H,2,15-20H2,1H3/t25-/m1/s1. The quantitative estimate of drug-likeness (QED) is 0.585. The molecule has 0 spiro atoms. The molecular weight excluding hydrogens is 384 g/mol. The molecule has 2 aromatic heterocycles. The van der Waals surface area contributed by atoms with Gasteiger partial charge in [-0.15, -0.1) is 0 Å². The Bertz CT molecular complexity index is 960. The zero-order valence-electron chi connectivity index (χ0n) is 18.2. The Labute approximate surface area is 184 Å². The van der Waals surface area contributed by atoms with E-state index in [4.69, 9.17) is 0 Å². The zero-order chi connectivity index (χ0) is 21.5. The molecule has 0 bridgehead atoms. The third-order valence-corrected chi connectivity index (χ3v) is 5.92. The molecule has 3 aromatic rings. The molecule has 1 aromatic carbocycles. The van der Waals surface area contributed by atoms with E-state index in [0.717, 1.165) is 51.1 Å². The molecule has 4 rings (SSSR count). The van der Waals surface area contributed by atoms with E-state index in [0.29, 0.717) is 0 Å². The number of hydrogen-bond acceptors (Lipinski definition) is 4. The fraction of sp³-hybridized carbons (Fsp3) is 0.346. The van der Waals surface area contributed by atoms with Crippen molar-refractivity contribution in [1.29, 1.82) is 0 Å². The van der Waals surface area contributed by atoms with E-state index in [1.165, 1.54) is 16.7 Å². The molecule has 1 saturated heterocycles. The van der Waals surface area contributed by atoms with Gasteiger partial charge in [0.15, 0.2) is 0 Å². The minimum absolute atomic E-state index is 0.0253. The molecule has 0 aliphatic carbocycles. The van der Waals surface area contributed by atoms with Gasteiger partial charge in [0, 0.05) is 57.5 Å². The Morgan fingerprint density at radius 1 is 0.839 bits per heavy atom. The van der Waals surface area contributed by atoms with E-state index in [-0.39, 0.29) is 11.8 Å². The van der Waals surface area contributed by atoms with Crippen molar-refractivity contribution in [3.63, 3.8) is 0 Å². The fourth-order valence-corrected chi connectivity index (χ4v) is 4.31. The lowest BCUT2D eigenvalue weighted by atomic mass is 9.95. The molecule has 5 heteroatoms. The zero-order valence-corrected chi connectivity index (χ0v) is 18.2. The molecule has 1 aliphatic rings. The van der Waals surface area contributed by atoms with Gasteiger partial charge in [0.25, 0.3) is 0 Å². The fourth-order valence-electron chi connectivity index (χ4n) is 4.31. The maximum absolute atomic E-state index is 13.3. The summed E-state index contributed by atoms with van der Waals surface area (Å²) < 4.78 is 0. The summed E-state index contributed by atoms with van der Waals surface area (Å²) in [6.07, 6.45) is 9.05. The molecule has 0 N–H and O–H groups in total. The van der Waals surface area contributed by atoms with Crippen molar-refractivity contribution < 1.29 is 4.79 Å². The Balaban J connectivity index is 1.49. The smallest absolute Gasteiger partial charge is 0.227 e. The first-order valence-electron chi connectivity index (χ1n) is 11.1. The molecule has 160 valence electrons. The van der Waals surface area contributed by atoms with Gasteiger partial charge in [-0.2, -0.15) is 0 Å². The summed E-state index contributed by atoms with van der Waals surface area (Å²) >= 11 is 0. The van der Waals surface area contributed by atoms with Gasteiger partial charge in [-0.25, -0.2) is 0 Å². The second-order valence-electron chi connectivity index (χ2n) is 8.25. The number of aromatic nitrogens is 2. The monoisotopic (exact) mass is 414 g/mol. The Kier molecular flexibility index (Phi) is 7.05. The highest BCUT2D eigenvalue weighted by Gasteiger charge is 2.30. The largest absolute Gasteiger partial charge is 0.341 e. The predicted octanol–water partition coefficient (Wildman–Crippen LogP) is 4.06. The van der Waals surface area contributed by atoms with E-state index in [1.807, 2.05) is 36.9 Å². The van der Waals surface area contributed by atoms with Crippen LogP contribution in [0.4, 0.5) is 0 Å². The first kappa shape index (κ1) is 21.2. The first-order valence-corrected chi connectivity index (χ1v) is 11.1. The van der Waals surface area contributed by atoms with Crippen molar-refractivity contribution in [3.8, 4) is 11.1 Å². The van der Waals surface area contributed by atoms with Crippen LogP contribution in [0.25, 0.3) is 11.1 Å². The van der Waals surface area contributed by atoms with Crippen LogP contribution in [0.3, 0.4) is 0 Å². The van der Waals surface area contributed by atoms with Crippen molar-refractivity contribution in [3.05, 3.63) is 84.4 Å².